The zero-order chi connectivity index (χ0) is 23.0. The van der Waals surface area contributed by atoms with Gasteiger partial charge in [0.25, 0.3) is 0 Å². The van der Waals surface area contributed by atoms with Crippen LogP contribution < -0.4 is 4.72 Å². The maximum absolute atomic E-state index is 14.8. The summed E-state index contributed by atoms with van der Waals surface area (Å²) in [4.78, 5) is 22.5. The fourth-order valence-corrected chi connectivity index (χ4v) is 3.78. The van der Waals surface area contributed by atoms with Crippen LogP contribution in [0.5, 0.6) is 0 Å². The van der Waals surface area contributed by atoms with E-state index in [1.54, 1.807) is 4.72 Å². The van der Waals surface area contributed by atoms with Gasteiger partial charge in [-0.3, -0.25) is 14.5 Å². The molecule has 0 saturated heterocycles. The molecule has 31 heavy (non-hydrogen) atoms. The summed E-state index contributed by atoms with van der Waals surface area (Å²) in [6, 6.07) is 2.54. The molecule has 0 amide bonds. The molecule has 7 nitrogen and oxygen atoms in total. The van der Waals surface area contributed by atoms with Crippen LogP contribution in [-0.4, -0.2) is 36.1 Å². The van der Waals surface area contributed by atoms with Crippen LogP contribution in [0.2, 0.25) is 0 Å². The molecular weight excluding hydrogens is 447 g/mol. The van der Waals surface area contributed by atoms with Gasteiger partial charge in [0.1, 0.15) is 11.5 Å². The predicted molar refractivity (Wildman–Crippen MR) is 100 cm³/mol. The van der Waals surface area contributed by atoms with Crippen molar-refractivity contribution in [3.05, 3.63) is 64.8 Å². The van der Waals surface area contributed by atoms with E-state index in [2.05, 4.69) is 14.8 Å². The lowest BCUT2D eigenvalue weighted by molar-refractivity contribution is -0.129. The van der Waals surface area contributed by atoms with Gasteiger partial charge in [0.2, 0.25) is 21.5 Å². The molecule has 0 radical (unpaired) electrons. The summed E-state index contributed by atoms with van der Waals surface area (Å²) in [5.74, 6) is -5.47. The fourth-order valence-electron chi connectivity index (χ4n) is 2.68. The first-order valence-electron chi connectivity index (χ1n) is 8.36. The molecule has 0 bridgehead atoms. The van der Waals surface area contributed by atoms with E-state index < -0.39 is 57.0 Å². The highest BCUT2D eigenvalue weighted by Crippen LogP contribution is 2.29. The molecule has 0 aliphatic rings. The Balaban J connectivity index is 2.00. The van der Waals surface area contributed by atoms with Gasteiger partial charge in [-0.15, -0.1) is 0 Å². The second-order valence-corrected chi connectivity index (χ2v) is 8.14. The van der Waals surface area contributed by atoms with Crippen LogP contribution in [0, 0.1) is 18.2 Å². The summed E-state index contributed by atoms with van der Waals surface area (Å²) >= 11 is 0. The zero-order valence-electron chi connectivity index (χ0n) is 15.2. The standard InChI is InChI=1S/C18H11F5N4O3S/c1-24-9-6-10-11(8-26-17(10)25-7-9)16(28)14-12(19)2-3-13(15(14)20)27-31(29,30)5-4-18(21,22)23/h2-3,6-8,27H,4-5H2,(H,25,26). The van der Waals surface area contributed by atoms with Gasteiger partial charge in [0, 0.05) is 23.3 Å². The Hall–Kier alpha value is -3.53. The number of halogens is 5. The molecule has 162 valence electrons. The lowest BCUT2D eigenvalue weighted by atomic mass is 10.0. The van der Waals surface area contributed by atoms with E-state index in [0.29, 0.717) is 12.1 Å². The monoisotopic (exact) mass is 458 g/mol. The third-order valence-corrected chi connectivity index (χ3v) is 5.40. The quantitative estimate of drug-likeness (QED) is 0.327. The third-order valence-electron chi connectivity index (χ3n) is 4.13. The number of anilines is 1. The number of aromatic nitrogens is 2. The molecule has 0 fully saturated rings. The molecule has 13 heteroatoms. The molecular formula is C18H11F5N4O3S. The largest absolute Gasteiger partial charge is 0.390 e. The first-order valence-corrected chi connectivity index (χ1v) is 10.0. The van der Waals surface area contributed by atoms with Crippen LogP contribution in [0.25, 0.3) is 15.9 Å². The van der Waals surface area contributed by atoms with E-state index in [4.69, 9.17) is 6.57 Å². The second-order valence-electron chi connectivity index (χ2n) is 6.30. The number of pyridine rings is 1. The van der Waals surface area contributed by atoms with Crippen molar-refractivity contribution in [2.45, 2.75) is 12.6 Å². The third kappa shape index (κ3) is 4.80. The van der Waals surface area contributed by atoms with E-state index in [0.717, 1.165) is 6.20 Å². The number of H-pyrrole nitrogens is 1. The number of alkyl halides is 3. The maximum atomic E-state index is 14.8. The molecule has 3 rings (SSSR count). The van der Waals surface area contributed by atoms with Gasteiger partial charge in [0.15, 0.2) is 5.82 Å². The minimum absolute atomic E-state index is 0.0632. The number of rotatable bonds is 6. The lowest BCUT2D eigenvalue weighted by Crippen LogP contribution is -2.23. The Labute approximate surface area is 171 Å². The SMILES string of the molecule is [C-]#[N+]c1cnc2[nH]cc(C(=O)c3c(F)ccc(NS(=O)(=O)CCC(F)(F)F)c3F)c2c1. The van der Waals surface area contributed by atoms with Gasteiger partial charge >= 0.3 is 6.18 Å². The Morgan fingerprint density at radius 2 is 1.97 bits per heavy atom. The van der Waals surface area contributed by atoms with Crippen molar-refractivity contribution in [2.75, 3.05) is 10.5 Å². The molecule has 0 atom stereocenters. The normalized spacial score (nSPS) is 12.0. The van der Waals surface area contributed by atoms with Crippen LogP contribution in [-0.2, 0) is 10.0 Å². The van der Waals surface area contributed by atoms with Gasteiger partial charge in [-0.2, -0.15) is 13.2 Å². The van der Waals surface area contributed by atoms with Gasteiger partial charge in [0.05, 0.1) is 30.0 Å². The van der Waals surface area contributed by atoms with Crippen molar-refractivity contribution in [1.82, 2.24) is 9.97 Å². The lowest BCUT2D eigenvalue weighted by Gasteiger charge is -2.12. The number of fused-ring (bicyclic) bond motifs is 1. The molecule has 0 aliphatic carbocycles. The molecule has 2 heterocycles. The average Bonchev–Trinajstić information content (AvgIpc) is 3.11. The highest BCUT2D eigenvalue weighted by molar-refractivity contribution is 7.92. The van der Waals surface area contributed by atoms with Gasteiger partial charge in [-0.25, -0.2) is 22.0 Å². The number of hydrogen-bond donors (Lipinski definition) is 2. The highest BCUT2D eigenvalue weighted by atomic mass is 32.2. The summed E-state index contributed by atoms with van der Waals surface area (Å²) in [5, 5.41) is 0.105. The number of nitrogens with one attached hydrogen (secondary N) is 2. The Bertz CT molecular complexity index is 1330. The number of aromatic amines is 1. The van der Waals surface area contributed by atoms with Crippen LogP contribution in [0.3, 0.4) is 0 Å². The minimum atomic E-state index is -4.76. The Morgan fingerprint density at radius 1 is 1.26 bits per heavy atom. The molecule has 0 saturated carbocycles. The van der Waals surface area contributed by atoms with Crippen LogP contribution >= 0.6 is 0 Å². The molecule has 1 aromatic carbocycles. The number of benzene rings is 1. The first-order chi connectivity index (χ1) is 14.4. The number of sulfonamides is 1. The van der Waals surface area contributed by atoms with Gasteiger partial charge < -0.3 is 4.98 Å². The highest BCUT2D eigenvalue weighted by Gasteiger charge is 2.31. The van der Waals surface area contributed by atoms with Crippen molar-refractivity contribution in [1.29, 1.82) is 0 Å². The number of nitrogens with zero attached hydrogens (tertiary/aromatic N) is 2. The van der Waals surface area contributed by atoms with E-state index in [9.17, 15) is 35.2 Å². The molecule has 2 N–H and O–H groups in total. The summed E-state index contributed by atoms with van der Waals surface area (Å²) in [6.45, 7) is 7.00. The fraction of sp³-hybridized carbons (Fsp3) is 0.167. The summed E-state index contributed by atoms with van der Waals surface area (Å²) in [6.07, 6.45) is -4.10. The van der Waals surface area contributed by atoms with Crippen molar-refractivity contribution in [3.63, 3.8) is 0 Å². The zero-order valence-corrected chi connectivity index (χ0v) is 16.0. The van der Waals surface area contributed by atoms with E-state index in [-0.39, 0.29) is 22.3 Å². The molecule has 0 unspecified atom stereocenters. The topological polar surface area (TPSA) is 96.3 Å². The second kappa shape index (κ2) is 7.95. The smallest absolute Gasteiger partial charge is 0.345 e. The van der Waals surface area contributed by atoms with Crippen LogP contribution in [0.4, 0.5) is 33.3 Å². The first kappa shape index (κ1) is 22.2. The maximum Gasteiger partial charge on any atom is 0.390 e. The van der Waals surface area contributed by atoms with Gasteiger partial charge in [-0.1, -0.05) is 0 Å². The van der Waals surface area contributed by atoms with Crippen molar-refractivity contribution >= 4 is 38.2 Å². The molecule has 3 aromatic rings. The number of ketones is 1. The van der Waals surface area contributed by atoms with Gasteiger partial charge in [-0.05, 0) is 18.2 Å². The number of carbonyl (C=O) groups excluding carboxylic acids is 1. The van der Waals surface area contributed by atoms with Crippen LogP contribution in [0.1, 0.15) is 22.3 Å². The summed E-state index contributed by atoms with van der Waals surface area (Å²) in [7, 11) is -4.64. The minimum Gasteiger partial charge on any atom is -0.345 e. The Morgan fingerprint density at radius 3 is 2.61 bits per heavy atom. The van der Waals surface area contributed by atoms with E-state index >= 15 is 0 Å². The van der Waals surface area contributed by atoms with E-state index in [1.165, 1.54) is 12.3 Å². The Kier molecular flexibility index (Phi) is 5.68. The summed E-state index contributed by atoms with van der Waals surface area (Å²) < 4.78 is 91.3. The average molecular weight is 458 g/mol. The van der Waals surface area contributed by atoms with Crippen molar-refractivity contribution < 1.29 is 35.2 Å². The van der Waals surface area contributed by atoms with E-state index in [1.807, 2.05) is 0 Å². The predicted octanol–water partition coefficient (Wildman–Crippen LogP) is 4.32. The van der Waals surface area contributed by atoms with Crippen LogP contribution in [0.15, 0.2) is 30.6 Å². The molecule has 0 spiro atoms. The van der Waals surface area contributed by atoms with Crippen molar-refractivity contribution in [3.8, 4) is 0 Å². The number of hydrogen-bond acceptors (Lipinski definition) is 4. The molecule has 0 aliphatic heterocycles. The number of carbonyl (C=O) groups is 1. The van der Waals surface area contributed by atoms with Crippen molar-refractivity contribution in [2.24, 2.45) is 0 Å². The summed E-state index contributed by atoms with van der Waals surface area (Å²) in [5.41, 5.74) is -2.01. The molecule has 2 aromatic heterocycles.